The summed E-state index contributed by atoms with van der Waals surface area (Å²) in [6.45, 7) is 1.97. The average molecular weight is 188 g/mol. The number of hydrogen-bond donors (Lipinski definition) is 2. The van der Waals surface area contributed by atoms with Gasteiger partial charge in [0.25, 0.3) is 0 Å². The van der Waals surface area contributed by atoms with Gasteiger partial charge in [-0.25, -0.2) is 4.98 Å². The van der Waals surface area contributed by atoms with Crippen molar-refractivity contribution in [3.8, 4) is 0 Å². The fraction of sp³-hybridized carbons (Fsp3) is 0.100. The third-order valence-corrected chi connectivity index (χ3v) is 1.94. The average Bonchev–Trinajstić information content (AvgIpc) is 2.62. The Morgan fingerprint density at radius 1 is 1.36 bits per heavy atom. The molecule has 2 aromatic heterocycles. The minimum atomic E-state index is 0.681. The summed E-state index contributed by atoms with van der Waals surface area (Å²) in [4.78, 5) is 4.20. The van der Waals surface area contributed by atoms with Gasteiger partial charge in [-0.15, -0.1) is 0 Å². The summed E-state index contributed by atoms with van der Waals surface area (Å²) >= 11 is 0. The Morgan fingerprint density at radius 2 is 2.07 bits per heavy atom. The molecule has 0 fully saturated rings. The summed E-state index contributed by atoms with van der Waals surface area (Å²) in [5.74, 6) is 0.815. The van der Waals surface area contributed by atoms with Gasteiger partial charge in [-0.05, 0) is 30.7 Å². The number of pyridine rings is 1. The number of nitrogens with two attached hydrogens (primary N) is 1. The second-order valence-corrected chi connectivity index (χ2v) is 3.14. The number of aromatic nitrogens is 2. The number of hydrogen-bond acceptors (Lipinski definition) is 3. The summed E-state index contributed by atoms with van der Waals surface area (Å²) in [5, 5.41) is 0. The Kier molecular flexibility index (Phi) is 2.10. The molecule has 0 saturated heterocycles. The molecule has 2 aromatic rings. The van der Waals surface area contributed by atoms with Crippen LogP contribution in [0.5, 0.6) is 0 Å². The molecule has 0 amide bonds. The molecule has 0 aliphatic rings. The van der Waals surface area contributed by atoms with E-state index in [1.165, 1.54) is 0 Å². The molecule has 4 nitrogen and oxygen atoms in total. The van der Waals surface area contributed by atoms with Gasteiger partial charge in [-0.2, -0.15) is 0 Å². The number of aryl methyl sites for hydroxylation is 1. The van der Waals surface area contributed by atoms with Gasteiger partial charge in [0, 0.05) is 12.4 Å². The summed E-state index contributed by atoms with van der Waals surface area (Å²) < 4.78 is 1.84. The number of nitrogens with one attached hydrogen (secondary N) is 1. The summed E-state index contributed by atoms with van der Waals surface area (Å²) in [6.07, 6.45) is 5.47. The van der Waals surface area contributed by atoms with E-state index in [-0.39, 0.29) is 0 Å². The van der Waals surface area contributed by atoms with Gasteiger partial charge in [0.05, 0.1) is 11.9 Å². The van der Waals surface area contributed by atoms with Crippen molar-refractivity contribution in [2.75, 3.05) is 11.2 Å². The first-order valence-electron chi connectivity index (χ1n) is 4.38. The largest absolute Gasteiger partial charge is 0.397 e. The van der Waals surface area contributed by atoms with Crippen molar-refractivity contribution in [1.29, 1.82) is 0 Å². The second-order valence-electron chi connectivity index (χ2n) is 3.14. The molecule has 0 aliphatic heterocycles. The van der Waals surface area contributed by atoms with E-state index in [2.05, 4.69) is 10.4 Å². The van der Waals surface area contributed by atoms with Gasteiger partial charge in [-0.3, -0.25) is 10.1 Å². The van der Waals surface area contributed by atoms with Gasteiger partial charge >= 0.3 is 0 Å². The van der Waals surface area contributed by atoms with Crippen molar-refractivity contribution in [3.63, 3.8) is 0 Å². The lowest BCUT2D eigenvalue weighted by molar-refractivity contribution is 0.948. The Labute approximate surface area is 82.4 Å². The van der Waals surface area contributed by atoms with E-state index in [0.717, 1.165) is 11.4 Å². The van der Waals surface area contributed by atoms with Crippen LogP contribution < -0.4 is 11.2 Å². The van der Waals surface area contributed by atoms with E-state index >= 15 is 0 Å². The van der Waals surface area contributed by atoms with Crippen molar-refractivity contribution < 1.29 is 0 Å². The van der Waals surface area contributed by atoms with Crippen LogP contribution in [-0.2, 0) is 0 Å². The molecule has 0 radical (unpaired) electrons. The van der Waals surface area contributed by atoms with Crippen LogP contribution in [0.2, 0.25) is 0 Å². The molecule has 0 saturated carbocycles. The zero-order chi connectivity index (χ0) is 9.97. The van der Waals surface area contributed by atoms with E-state index in [1.807, 2.05) is 42.2 Å². The second kappa shape index (κ2) is 3.41. The number of anilines is 2. The Balaban J connectivity index is 2.25. The van der Waals surface area contributed by atoms with Crippen LogP contribution in [0.3, 0.4) is 0 Å². The molecular formula is C10H12N4. The van der Waals surface area contributed by atoms with Gasteiger partial charge in [-0.1, -0.05) is 0 Å². The molecule has 2 rings (SSSR count). The standard InChI is InChI=1S/C10H12N4/c1-8-6-9(11)7-12-10(8)13-14-4-2-3-5-14/h2-7H,11H2,1H3,(H,12,13). The highest BCUT2D eigenvalue weighted by Crippen LogP contribution is 2.13. The summed E-state index contributed by atoms with van der Waals surface area (Å²) in [5.41, 5.74) is 10.4. The molecule has 0 unspecified atom stereocenters. The predicted octanol–water partition coefficient (Wildman–Crippen LogP) is 1.65. The topological polar surface area (TPSA) is 55.9 Å². The van der Waals surface area contributed by atoms with Crippen LogP contribution in [0.15, 0.2) is 36.8 Å². The number of nitrogens with zero attached hydrogens (tertiary/aromatic N) is 2. The molecule has 0 bridgehead atoms. The van der Waals surface area contributed by atoms with E-state index in [4.69, 9.17) is 5.73 Å². The SMILES string of the molecule is Cc1cc(N)cnc1Nn1cccc1. The molecule has 0 spiro atoms. The molecule has 0 atom stereocenters. The van der Waals surface area contributed by atoms with Crippen LogP contribution in [0.1, 0.15) is 5.56 Å². The normalized spacial score (nSPS) is 10.1. The Hall–Kier alpha value is -1.97. The van der Waals surface area contributed by atoms with E-state index < -0.39 is 0 Å². The highest BCUT2D eigenvalue weighted by molar-refractivity contribution is 5.50. The Bertz CT molecular complexity index is 420. The lowest BCUT2D eigenvalue weighted by Gasteiger charge is -2.09. The maximum absolute atomic E-state index is 5.60. The molecule has 2 heterocycles. The first-order chi connectivity index (χ1) is 6.75. The third kappa shape index (κ3) is 1.69. The number of nitrogen functional groups attached to an aromatic ring is 1. The fourth-order valence-electron chi connectivity index (χ4n) is 1.24. The molecule has 3 N–H and O–H groups in total. The third-order valence-electron chi connectivity index (χ3n) is 1.94. The predicted molar refractivity (Wildman–Crippen MR) is 56.8 cm³/mol. The van der Waals surface area contributed by atoms with Gasteiger partial charge in [0.1, 0.15) is 5.82 Å². The van der Waals surface area contributed by atoms with Gasteiger partial charge in [0.15, 0.2) is 0 Å². The fourth-order valence-corrected chi connectivity index (χ4v) is 1.24. The highest BCUT2D eigenvalue weighted by atomic mass is 15.4. The summed E-state index contributed by atoms with van der Waals surface area (Å²) in [7, 11) is 0. The minimum Gasteiger partial charge on any atom is -0.397 e. The zero-order valence-corrected chi connectivity index (χ0v) is 7.94. The van der Waals surface area contributed by atoms with Gasteiger partial charge < -0.3 is 5.73 Å². The van der Waals surface area contributed by atoms with E-state index in [1.54, 1.807) is 6.20 Å². The minimum absolute atomic E-state index is 0.681. The maximum atomic E-state index is 5.60. The molecule has 0 aliphatic carbocycles. The van der Waals surface area contributed by atoms with Gasteiger partial charge in [0.2, 0.25) is 0 Å². The van der Waals surface area contributed by atoms with Crippen molar-refractivity contribution in [2.24, 2.45) is 0 Å². The van der Waals surface area contributed by atoms with Crippen molar-refractivity contribution in [3.05, 3.63) is 42.4 Å². The maximum Gasteiger partial charge on any atom is 0.147 e. The van der Waals surface area contributed by atoms with E-state index in [0.29, 0.717) is 5.69 Å². The van der Waals surface area contributed by atoms with Crippen LogP contribution in [0.4, 0.5) is 11.5 Å². The molecule has 0 aromatic carbocycles. The first kappa shape index (κ1) is 8.62. The quantitative estimate of drug-likeness (QED) is 0.753. The molecular weight excluding hydrogens is 176 g/mol. The van der Waals surface area contributed by atoms with E-state index in [9.17, 15) is 0 Å². The highest BCUT2D eigenvalue weighted by Gasteiger charge is 1.99. The molecule has 72 valence electrons. The monoisotopic (exact) mass is 188 g/mol. The zero-order valence-electron chi connectivity index (χ0n) is 7.94. The number of rotatable bonds is 2. The molecule has 14 heavy (non-hydrogen) atoms. The van der Waals surface area contributed by atoms with Crippen LogP contribution in [-0.4, -0.2) is 9.66 Å². The summed E-state index contributed by atoms with van der Waals surface area (Å²) in [6, 6.07) is 5.78. The van der Waals surface area contributed by atoms with Crippen LogP contribution in [0.25, 0.3) is 0 Å². The van der Waals surface area contributed by atoms with Crippen molar-refractivity contribution in [2.45, 2.75) is 6.92 Å². The molecule has 4 heteroatoms. The van der Waals surface area contributed by atoms with Crippen molar-refractivity contribution in [1.82, 2.24) is 9.66 Å². The lowest BCUT2D eigenvalue weighted by Crippen LogP contribution is -2.08. The van der Waals surface area contributed by atoms with Crippen molar-refractivity contribution >= 4 is 11.5 Å². The van der Waals surface area contributed by atoms with Crippen LogP contribution >= 0.6 is 0 Å². The smallest absolute Gasteiger partial charge is 0.147 e. The lowest BCUT2D eigenvalue weighted by atomic mass is 10.3. The van der Waals surface area contributed by atoms with Crippen LogP contribution in [0, 0.1) is 6.92 Å². The Morgan fingerprint density at radius 3 is 2.71 bits per heavy atom. The first-order valence-corrected chi connectivity index (χ1v) is 4.38.